The fraction of sp³-hybridized carbons (Fsp3) is 0.391. The van der Waals surface area contributed by atoms with E-state index in [2.05, 4.69) is 25.6 Å². The molecule has 2 unspecified atom stereocenters. The normalized spacial score (nSPS) is 20.6. The molecule has 3 rings (SSSR count). The smallest absolute Gasteiger partial charge is 0.188 e. The van der Waals surface area contributed by atoms with E-state index in [1.54, 1.807) is 21.3 Å². The van der Waals surface area contributed by atoms with Crippen LogP contribution in [0.1, 0.15) is 30.4 Å². The Morgan fingerprint density at radius 2 is 1.89 bits per heavy atom. The Kier molecular flexibility index (Phi) is 6.15. The zero-order valence-corrected chi connectivity index (χ0v) is 17.0. The third-order valence-electron chi connectivity index (χ3n) is 5.43. The fourth-order valence-electron chi connectivity index (χ4n) is 3.91. The summed E-state index contributed by atoms with van der Waals surface area (Å²) in [5.41, 5.74) is 1.94. The van der Waals surface area contributed by atoms with Gasteiger partial charge in [0.15, 0.2) is 6.79 Å². The third kappa shape index (κ3) is 3.67. The summed E-state index contributed by atoms with van der Waals surface area (Å²) in [5, 5.41) is 0. The largest absolute Gasteiger partial charge is 0.497 e. The highest BCUT2D eigenvalue weighted by atomic mass is 16.7. The van der Waals surface area contributed by atoms with Crippen LogP contribution >= 0.6 is 0 Å². The molecule has 5 nitrogen and oxygen atoms in total. The number of hydrogen-bond donors (Lipinski definition) is 0. The zero-order valence-electron chi connectivity index (χ0n) is 17.0. The number of allylic oxidation sites excluding steroid dienone is 1. The molecule has 0 saturated carbocycles. The molecule has 0 amide bonds. The molecule has 0 N–H and O–H groups in total. The van der Waals surface area contributed by atoms with E-state index >= 15 is 0 Å². The van der Waals surface area contributed by atoms with Crippen LogP contribution in [0.15, 0.2) is 49.1 Å². The van der Waals surface area contributed by atoms with E-state index < -0.39 is 0 Å². The van der Waals surface area contributed by atoms with Crippen LogP contribution in [-0.2, 0) is 10.2 Å². The lowest BCUT2D eigenvalue weighted by Gasteiger charge is -2.43. The molecule has 0 fully saturated rings. The van der Waals surface area contributed by atoms with E-state index in [9.17, 15) is 0 Å². The van der Waals surface area contributed by atoms with Gasteiger partial charge >= 0.3 is 0 Å². The summed E-state index contributed by atoms with van der Waals surface area (Å²) in [5.74, 6) is 3.31. The zero-order chi connectivity index (χ0) is 20.1. The first-order valence-corrected chi connectivity index (χ1v) is 9.29. The first kappa shape index (κ1) is 20.1. The van der Waals surface area contributed by atoms with Gasteiger partial charge in [-0.2, -0.15) is 0 Å². The summed E-state index contributed by atoms with van der Waals surface area (Å²) in [6.07, 6.45) is 2.78. The van der Waals surface area contributed by atoms with E-state index in [-0.39, 0.29) is 18.1 Å². The standard InChI is InChI=1S/C23H28O5/c1-6-7-19-18-10-8-17(28-15-24-3)13-21(18)27-14-23(19,2)20-11-9-16(25-4)12-22(20)26-5/h6,8-13,19H,1,7,14-15H2,2-5H3. The van der Waals surface area contributed by atoms with Crippen LogP contribution in [0.3, 0.4) is 0 Å². The van der Waals surface area contributed by atoms with Crippen molar-refractivity contribution < 1.29 is 23.7 Å². The molecule has 0 aliphatic carbocycles. The topological polar surface area (TPSA) is 46.2 Å². The highest BCUT2D eigenvalue weighted by Crippen LogP contribution is 2.51. The van der Waals surface area contributed by atoms with Crippen LogP contribution in [0.4, 0.5) is 0 Å². The van der Waals surface area contributed by atoms with Crippen LogP contribution in [-0.4, -0.2) is 34.7 Å². The number of methoxy groups -OCH3 is 3. The van der Waals surface area contributed by atoms with Gasteiger partial charge in [-0.3, -0.25) is 0 Å². The van der Waals surface area contributed by atoms with Gasteiger partial charge in [-0.1, -0.05) is 25.1 Å². The molecule has 1 aliphatic heterocycles. The van der Waals surface area contributed by atoms with E-state index in [1.165, 1.54) is 0 Å². The van der Waals surface area contributed by atoms with Gasteiger partial charge in [0.25, 0.3) is 0 Å². The van der Waals surface area contributed by atoms with E-state index in [4.69, 9.17) is 23.7 Å². The van der Waals surface area contributed by atoms with Crippen LogP contribution < -0.4 is 18.9 Å². The molecule has 2 atom stereocenters. The quantitative estimate of drug-likeness (QED) is 0.488. The van der Waals surface area contributed by atoms with Crippen LogP contribution in [0.5, 0.6) is 23.0 Å². The number of benzene rings is 2. The van der Waals surface area contributed by atoms with Gasteiger partial charge in [-0.25, -0.2) is 0 Å². The van der Waals surface area contributed by atoms with Gasteiger partial charge in [-0.15, -0.1) is 6.58 Å². The molecule has 0 spiro atoms. The maximum absolute atomic E-state index is 6.20. The Bertz CT molecular complexity index is 832. The van der Waals surface area contributed by atoms with Crippen molar-refractivity contribution in [2.45, 2.75) is 24.7 Å². The maximum Gasteiger partial charge on any atom is 0.188 e. The first-order chi connectivity index (χ1) is 13.6. The Hall–Kier alpha value is -2.66. The summed E-state index contributed by atoms with van der Waals surface area (Å²) < 4.78 is 27.8. The fourth-order valence-corrected chi connectivity index (χ4v) is 3.91. The minimum atomic E-state index is -0.284. The molecule has 28 heavy (non-hydrogen) atoms. The van der Waals surface area contributed by atoms with Crippen molar-refractivity contribution in [2.75, 3.05) is 34.7 Å². The average Bonchev–Trinajstić information content (AvgIpc) is 2.73. The van der Waals surface area contributed by atoms with Crippen molar-refractivity contribution in [3.05, 3.63) is 60.2 Å². The minimum absolute atomic E-state index is 0.188. The van der Waals surface area contributed by atoms with Crippen molar-refractivity contribution in [1.29, 1.82) is 0 Å². The summed E-state index contributed by atoms with van der Waals surface area (Å²) in [7, 11) is 4.93. The average molecular weight is 384 g/mol. The summed E-state index contributed by atoms with van der Waals surface area (Å²) in [6, 6.07) is 11.9. The summed E-state index contributed by atoms with van der Waals surface area (Å²) in [6.45, 7) is 6.92. The predicted octanol–water partition coefficient (Wildman–Crippen LogP) is 4.70. The molecule has 2 aromatic carbocycles. The van der Waals surface area contributed by atoms with E-state index in [0.717, 1.165) is 40.5 Å². The Morgan fingerprint density at radius 1 is 1.11 bits per heavy atom. The Morgan fingerprint density at radius 3 is 2.57 bits per heavy atom. The van der Waals surface area contributed by atoms with Crippen LogP contribution in [0.2, 0.25) is 0 Å². The van der Waals surface area contributed by atoms with Gasteiger partial charge in [0, 0.05) is 36.1 Å². The van der Waals surface area contributed by atoms with Crippen molar-refractivity contribution in [3.63, 3.8) is 0 Å². The SMILES string of the molecule is C=CCC1c2ccc(OCOC)cc2OCC1(C)c1ccc(OC)cc1OC. The molecular formula is C23H28O5. The van der Waals surface area contributed by atoms with E-state index in [0.29, 0.717) is 6.61 Å². The minimum Gasteiger partial charge on any atom is -0.497 e. The molecule has 1 heterocycles. The number of hydrogen-bond acceptors (Lipinski definition) is 5. The maximum atomic E-state index is 6.20. The lowest BCUT2D eigenvalue weighted by atomic mass is 9.66. The second-order valence-electron chi connectivity index (χ2n) is 7.10. The van der Waals surface area contributed by atoms with Crippen LogP contribution in [0.25, 0.3) is 0 Å². The number of fused-ring (bicyclic) bond motifs is 1. The van der Waals surface area contributed by atoms with Gasteiger partial charge < -0.3 is 23.7 Å². The molecule has 0 radical (unpaired) electrons. The highest BCUT2D eigenvalue weighted by Gasteiger charge is 2.43. The molecule has 0 aromatic heterocycles. The third-order valence-corrected chi connectivity index (χ3v) is 5.43. The second kappa shape index (κ2) is 8.57. The van der Waals surface area contributed by atoms with Gasteiger partial charge in [0.05, 0.1) is 20.8 Å². The molecule has 2 aromatic rings. The second-order valence-corrected chi connectivity index (χ2v) is 7.10. The summed E-state index contributed by atoms with van der Waals surface area (Å²) in [4.78, 5) is 0. The molecule has 1 aliphatic rings. The van der Waals surface area contributed by atoms with Crippen LogP contribution in [0, 0.1) is 0 Å². The monoisotopic (exact) mass is 384 g/mol. The highest BCUT2D eigenvalue weighted by molar-refractivity contribution is 5.52. The molecular weight excluding hydrogens is 356 g/mol. The Balaban J connectivity index is 2.04. The van der Waals surface area contributed by atoms with Gasteiger partial charge in [-0.05, 0) is 24.1 Å². The van der Waals surface area contributed by atoms with Gasteiger partial charge in [0.2, 0.25) is 0 Å². The van der Waals surface area contributed by atoms with Gasteiger partial charge in [0.1, 0.15) is 23.0 Å². The van der Waals surface area contributed by atoms with Crippen molar-refractivity contribution in [1.82, 2.24) is 0 Å². The molecule has 0 saturated heterocycles. The van der Waals surface area contributed by atoms with Crippen molar-refractivity contribution in [2.24, 2.45) is 0 Å². The first-order valence-electron chi connectivity index (χ1n) is 9.29. The van der Waals surface area contributed by atoms with E-state index in [1.807, 2.05) is 30.3 Å². The van der Waals surface area contributed by atoms with Crippen molar-refractivity contribution >= 4 is 0 Å². The number of rotatable bonds is 8. The van der Waals surface area contributed by atoms with Crippen molar-refractivity contribution in [3.8, 4) is 23.0 Å². The lowest BCUT2D eigenvalue weighted by molar-refractivity contribution is 0.0506. The number of ether oxygens (including phenoxy) is 5. The summed E-state index contributed by atoms with van der Waals surface area (Å²) >= 11 is 0. The Labute approximate surface area is 166 Å². The molecule has 0 bridgehead atoms. The lowest BCUT2D eigenvalue weighted by Crippen LogP contribution is -2.40. The molecule has 5 heteroatoms. The predicted molar refractivity (Wildman–Crippen MR) is 109 cm³/mol. The molecule has 150 valence electrons.